The highest BCUT2D eigenvalue weighted by molar-refractivity contribution is 6.14. The van der Waals surface area contributed by atoms with Gasteiger partial charge < -0.3 is 9.47 Å². The molecular weight excluding hydrogens is 324 g/mol. The van der Waals surface area contributed by atoms with Gasteiger partial charge in [0.2, 0.25) is 5.78 Å². The van der Waals surface area contributed by atoms with Crippen molar-refractivity contribution in [2.24, 2.45) is 0 Å². The molecule has 128 valence electrons. The van der Waals surface area contributed by atoms with Crippen LogP contribution in [0.15, 0.2) is 78.6 Å². The maximum Gasteiger partial charge on any atom is 0.231 e. The topological polar surface area (TPSA) is 35.5 Å². The minimum atomic E-state index is -0.101. The molecule has 0 bridgehead atoms. The van der Waals surface area contributed by atoms with Crippen molar-refractivity contribution in [3.05, 3.63) is 101 Å². The average Bonchev–Trinajstić information content (AvgIpc) is 2.96. The molecule has 1 aliphatic rings. The summed E-state index contributed by atoms with van der Waals surface area (Å²) in [6.07, 6.45) is 1.78. The van der Waals surface area contributed by atoms with Gasteiger partial charge in [0.1, 0.15) is 18.1 Å². The van der Waals surface area contributed by atoms with Gasteiger partial charge in [-0.2, -0.15) is 0 Å². The second kappa shape index (κ2) is 6.89. The molecule has 0 amide bonds. The van der Waals surface area contributed by atoms with Crippen LogP contribution in [0.2, 0.25) is 0 Å². The van der Waals surface area contributed by atoms with Crippen LogP contribution in [0.1, 0.15) is 27.0 Å². The van der Waals surface area contributed by atoms with E-state index in [1.165, 1.54) is 0 Å². The van der Waals surface area contributed by atoms with E-state index in [2.05, 4.69) is 0 Å². The van der Waals surface area contributed by atoms with Crippen LogP contribution in [-0.2, 0) is 6.61 Å². The first kappa shape index (κ1) is 16.2. The zero-order valence-corrected chi connectivity index (χ0v) is 14.4. The highest BCUT2D eigenvalue weighted by Gasteiger charge is 2.27. The molecule has 3 nitrogen and oxygen atoms in total. The van der Waals surface area contributed by atoms with E-state index in [0.29, 0.717) is 29.4 Å². The van der Waals surface area contributed by atoms with E-state index in [0.717, 1.165) is 16.7 Å². The van der Waals surface area contributed by atoms with Gasteiger partial charge in [-0.1, -0.05) is 60.2 Å². The van der Waals surface area contributed by atoms with Gasteiger partial charge >= 0.3 is 0 Å². The molecule has 26 heavy (non-hydrogen) atoms. The summed E-state index contributed by atoms with van der Waals surface area (Å²) in [5.74, 6) is 1.46. The zero-order chi connectivity index (χ0) is 17.9. The first-order valence-electron chi connectivity index (χ1n) is 8.51. The van der Waals surface area contributed by atoms with Crippen LogP contribution in [0.5, 0.6) is 11.5 Å². The van der Waals surface area contributed by atoms with Gasteiger partial charge in [-0.15, -0.1) is 0 Å². The number of carbonyl (C=O) groups excluding carboxylic acids is 1. The Morgan fingerprint density at radius 3 is 2.62 bits per heavy atom. The quantitative estimate of drug-likeness (QED) is 0.612. The molecule has 0 aliphatic carbocycles. The molecule has 0 spiro atoms. The Hall–Kier alpha value is -3.33. The Bertz CT molecular complexity index is 987. The lowest BCUT2D eigenvalue weighted by molar-refractivity contribution is 0.101. The number of benzene rings is 3. The number of Topliss-reactive ketones (excluding diaryl/α,β-unsaturated/α-hetero) is 1. The first-order chi connectivity index (χ1) is 12.7. The van der Waals surface area contributed by atoms with Crippen molar-refractivity contribution in [2.75, 3.05) is 0 Å². The van der Waals surface area contributed by atoms with E-state index in [9.17, 15) is 4.79 Å². The standard InChI is InChI=1S/C23H18O3/c1-16-6-5-9-18(12-16)13-22-23(24)20-11-10-19(14-21(20)26-22)25-15-17-7-3-2-4-8-17/h2-14H,15H2,1H3/b22-13-. The number of fused-ring (bicyclic) bond motifs is 1. The van der Waals surface area contributed by atoms with Gasteiger partial charge in [0, 0.05) is 6.07 Å². The Morgan fingerprint density at radius 2 is 1.81 bits per heavy atom. The molecule has 0 atom stereocenters. The summed E-state index contributed by atoms with van der Waals surface area (Å²) in [7, 11) is 0. The van der Waals surface area contributed by atoms with E-state index in [1.54, 1.807) is 24.3 Å². The Labute approximate surface area is 152 Å². The minimum absolute atomic E-state index is 0.101. The summed E-state index contributed by atoms with van der Waals surface area (Å²) in [4.78, 5) is 12.5. The van der Waals surface area contributed by atoms with E-state index in [4.69, 9.17) is 9.47 Å². The second-order valence-corrected chi connectivity index (χ2v) is 6.29. The van der Waals surface area contributed by atoms with Crippen molar-refractivity contribution in [2.45, 2.75) is 13.5 Å². The summed E-state index contributed by atoms with van der Waals surface area (Å²) in [6, 6.07) is 23.2. The van der Waals surface area contributed by atoms with Crippen LogP contribution in [0.25, 0.3) is 6.08 Å². The lowest BCUT2D eigenvalue weighted by Crippen LogP contribution is -1.98. The molecule has 0 saturated heterocycles. The average molecular weight is 342 g/mol. The van der Waals surface area contributed by atoms with E-state index in [-0.39, 0.29) is 5.78 Å². The maximum atomic E-state index is 12.5. The number of ketones is 1. The highest BCUT2D eigenvalue weighted by atomic mass is 16.5. The van der Waals surface area contributed by atoms with Crippen molar-refractivity contribution in [3.8, 4) is 11.5 Å². The number of allylic oxidation sites excluding steroid dienone is 1. The van der Waals surface area contributed by atoms with Gasteiger partial charge in [-0.25, -0.2) is 0 Å². The van der Waals surface area contributed by atoms with Gasteiger partial charge in [-0.05, 0) is 36.3 Å². The number of hydrogen-bond acceptors (Lipinski definition) is 3. The molecule has 1 heterocycles. The van der Waals surface area contributed by atoms with Crippen LogP contribution < -0.4 is 9.47 Å². The Morgan fingerprint density at radius 1 is 0.962 bits per heavy atom. The van der Waals surface area contributed by atoms with E-state index < -0.39 is 0 Å². The van der Waals surface area contributed by atoms with Gasteiger partial charge in [0.05, 0.1) is 5.56 Å². The van der Waals surface area contributed by atoms with Gasteiger partial charge in [0.15, 0.2) is 5.76 Å². The van der Waals surface area contributed by atoms with Crippen LogP contribution in [0.4, 0.5) is 0 Å². The Kier molecular flexibility index (Phi) is 4.28. The normalized spacial score (nSPS) is 14.2. The monoisotopic (exact) mass is 342 g/mol. The smallest absolute Gasteiger partial charge is 0.231 e. The fraction of sp³-hybridized carbons (Fsp3) is 0.0870. The summed E-state index contributed by atoms with van der Waals surface area (Å²) >= 11 is 0. The van der Waals surface area contributed by atoms with E-state index >= 15 is 0 Å². The minimum Gasteiger partial charge on any atom is -0.489 e. The van der Waals surface area contributed by atoms with Crippen LogP contribution >= 0.6 is 0 Å². The molecule has 0 saturated carbocycles. The largest absolute Gasteiger partial charge is 0.489 e. The van der Waals surface area contributed by atoms with Crippen molar-refractivity contribution >= 4 is 11.9 Å². The molecule has 0 fully saturated rings. The predicted molar refractivity (Wildman–Crippen MR) is 101 cm³/mol. The fourth-order valence-corrected chi connectivity index (χ4v) is 2.91. The van der Waals surface area contributed by atoms with Crippen LogP contribution in [0.3, 0.4) is 0 Å². The lowest BCUT2D eigenvalue weighted by atomic mass is 10.1. The molecule has 3 heteroatoms. The van der Waals surface area contributed by atoms with Crippen molar-refractivity contribution in [3.63, 3.8) is 0 Å². The lowest BCUT2D eigenvalue weighted by Gasteiger charge is -2.07. The fourth-order valence-electron chi connectivity index (χ4n) is 2.91. The van der Waals surface area contributed by atoms with Gasteiger partial charge in [-0.3, -0.25) is 4.79 Å². The molecule has 0 unspecified atom stereocenters. The highest BCUT2D eigenvalue weighted by Crippen LogP contribution is 2.35. The molecule has 0 N–H and O–H groups in total. The number of ether oxygens (including phenoxy) is 2. The van der Waals surface area contributed by atoms with E-state index in [1.807, 2.05) is 61.5 Å². The third kappa shape index (κ3) is 3.38. The SMILES string of the molecule is Cc1cccc(/C=C2\Oc3cc(OCc4ccccc4)ccc3C2=O)c1. The van der Waals surface area contributed by atoms with Crippen molar-refractivity contribution < 1.29 is 14.3 Å². The first-order valence-corrected chi connectivity index (χ1v) is 8.51. The molecule has 1 aliphatic heterocycles. The summed E-state index contributed by atoms with van der Waals surface area (Å²) in [5, 5.41) is 0. The predicted octanol–water partition coefficient (Wildman–Crippen LogP) is 5.19. The molecule has 0 radical (unpaired) electrons. The molecule has 3 aromatic rings. The van der Waals surface area contributed by atoms with Gasteiger partial charge in [0.25, 0.3) is 0 Å². The second-order valence-electron chi connectivity index (χ2n) is 6.29. The third-order valence-corrected chi connectivity index (χ3v) is 4.23. The van der Waals surface area contributed by atoms with Crippen molar-refractivity contribution in [1.29, 1.82) is 0 Å². The number of carbonyl (C=O) groups is 1. The van der Waals surface area contributed by atoms with Crippen LogP contribution in [-0.4, -0.2) is 5.78 Å². The third-order valence-electron chi connectivity index (χ3n) is 4.23. The Balaban J connectivity index is 1.53. The number of aryl methyl sites for hydroxylation is 1. The molecular formula is C23H18O3. The number of hydrogen-bond donors (Lipinski definition) is 0. The summed E-state index contributed by atoms with van der Waals surface area (Å²) in [5.41, 5.74) is 3.74. The summed E-state index contributed by atoms with van der Waals surface area (Å²) in [6.45, 7) is 2.49. The van der Waals surface area contributed by atoms with Crippen LogP contribution in [0, 0.1) is 6.92 Å². The molecule has 4 rings (SSSR count). The zero-order valence-electron chi connectivity index (χ0n) is 14.4. The maximum absolute atomic E-state index is 12.5. The summed E-state index contributed by atoms with van der Waals surface area (Å²) < 4.78 is 11.6. The van der Waals surface area contributed by atoms with Crippen molar-refractivity contribution in [1.82, 2.24) is 0 Å². The molecule has 3 aromatic carbocycles. The number of rotatable bonds is 4. The molecule has 0 aromatic heterocycles.